The highest BCUT2D eigenvalue weighted by molar-refractivity contribution is 6.38. The Bertz CT molecular complexity index is 800. The summed E-state index contributed by atoms with van der Waals surface area (Å²) in [6.07, 6.45) is 1.30. The van der Waals surface area contributed by atoms with Crippen LogP contribution in [0.25, 0.3) is 22.0 Å². The Hall–Kier alpha value is -2.39. The molecule has 0 aliphatic rings. The van der Waals surface area contributed by atoms with E-state index in [0.29, 0.717) is 10.9 Å². The average Bonchev–Trinajstić information content (AvgIpc) is 2.48. The third kappa shape index (κ3) is 2.02. The van der Waals surface area contributed by atoms with E-state index in [4.69, 9.17) is 16.7 Å². The molecule has 4 heteroatoms. The van der Waals surface area contributed by atoms with Gasteiger partial charge in [0, 0.05) is 17.1 Å². The first-order valence-corrected chi connectivity index (χ1v) is 6.42. The highest BCUT2D eigenvalue weighted by Crippen LogP contribution is 2.32. The van der Waals surface area contributed by atoms with Crippen LogP contribution in [0.2, 0.25) is 5.02 Å². The van der Waals surface area contributed by atoms with E-state index in [1.165, 1.54) is 6.20 Å². The molecule has 0 spiro atoms. The number of para-hydroxylation sites is 1. The zero-order valence-corrected chi connectivity index (χ0v) is 11.1. The van der Waals surface area contributed by atoms with Crippen molar-refractivity contribution in [2.45, 2.75) is 0 Å². The SMILES string of the molecule is O=C(O)c1cnc2c(-c3ccccc3)cccc2c1Cl. The molecule has 0 radical (unpaired) electrons. The number of hydrogen-bond donors (Lipinski definition) is 1. The van der Waals surface area contributed by atoms with Crippen molar-refractivity contribution < 1.29 is 9.90 Å². The number of aromatic nitrogens is 1. The zero-order chi connectivity index (χ0) is 14.1. The number of fused-ring (bicyclic) bond motifs is 1. The second-order valence-electron chi connectivity index (χ2n) is 4.36. The molecule has 0 unspecified atom stereocenters. The minimum Gasteiger partial charge on any atom is -0.478 e. The van der Waals surface area contributed by atoms with Crippen molar-refractivity contribution in [1.82, 2.24) is 4.98 Å². The summed E-state index contributed by atoms with van der Waals surface area (Å²) in [4.78, 5) is 15.4. The minimum atomic E-state index is -1.07. The maximum Gasteiger partial charge on any atom is 0.338 e. The van der Waals surface area contributed by atoms with Crippen molar-refractivity contribution >= 4 is 28.5 Å². The number of aromatic carboxylic acids is 1. The standard InChI is InChI=1S/C16H10ClNO2/c17-14-12-8-4-7-11(10-5-2-1-3-6-10)15(12)18-9-13(14)16(19)20/h1-9H,(H,19,20). The van der Waals surface area contributed by atoms with Crippen LogP contribution in [0.3, 0.4) is 0 Å². The first-order chi connectivity index (χ1) is 9.68. The highest BCUT2D eigenvalue weighted by atomic mass is 35.5. The van der Waals surface area contributed by atoms with Crippen molar-refractivity contribution in [3.8, 4) is 11.1 Å². The van der Waals surface area contributed by atoms with E-state index < -0.39 is 5.97 Å². The third-order valence-electron chi connectivity index (χ3n) is 3.15. The van der Waals surface area contributed by atoms with E-state index in [1.807, 2.05) is 42.5 Å². The Kier molecular flexibility index (Phi) is 3.12. The normalized spacial score (nSPS) is 10.7. The molecule has 3 rings (SSSR count). The Labute approximate surface area is 120 Å². The summed E-state index contributed by atoms with van der Waals surface area (Å²) in [6, 6.07) is 15.4. The van der Waals surface area contributed by atoms with E-state index in [-0.39, 0.29) is 10.6 Å². The largest absolute Gasteiger partial charge is 0.478 e. The summed E-state index contributed by atoms with van der Waals surface area (Å²) < 4.78 is 0. The lowest BCUT2D eigenvalue weighted by Gasteiger charge is -2.08. The van der Waals surface area contributed by atoms with Gasteiger partial charge in [-0.3, -0.25) is 4.98 Å². The van der Waals surface area contributed by atoms with Crippen molar-refractivity contribution in [2.75, 3.05) is 0 Å². The van der Waals surface area contributed by atoms with Crippen molar-refractivity contribution in [2.24, 2.45) is 0 Å². The first-order valence-electron chi connectivity index (χ1n) is 6.04. The van der Waals surface area contributed by atoms with Gasteiger partial charge >= 0.3 is 5.97 Å². The summed E-state index contributed by atoms with van der Waals surface area (Å²) >= 11 is 6.18. The van der Waals surface area contributed by atoms with Crippen LogP contribution in [-0.4, -0.2) is 16.1 Å². The predicted molar refractivity (Wildman–Crippen MR) is 79.1 cm³/mol. The van der Waals surface area contributed by atoms with Crippen LogP contribution in [0, 0.1) is 0 Å². The van der Waals surface area contributed by atoms with Gasteiger partial charge in [-0.25, -0.2) is 4.79 Å². The van der Waals surface area contributed by atoms with Crippen LogP contribution in [-0.2, 0) is 0 Å². The lowest BCUT2D eigenvalue weighted by Crippen LogP contribution is -1.99. The van der Waals surface area contributed by atoms with Crippen LogP contribution >= 0.6 is 11.6 Å². The van der Waals surface area contributed by atoms with Gasteiger partial charge in [0.15, 0.2) is 0 Å². The molecule has 0 bridgehead atoms. The second kappa shape index (κ2) is 4.94. The Morgan fingerprint density at radius 1 is 1.05 bits per heavy atom. The molecule has 1 heterocycles. The number of nitrogens with zero attached hydrogens (tertiary/aromatic N) is 1. The number of pyridine rings is 1. The zero-order valence-electron chi connectivity index (χ0n) is 10.4. The molecule has 0 fully saturated rings. The number of carboxylic acid groups (broad SMARTS) is 1. The fourth-order valence-corrected chi connectivity index (χ4v) is 2.47. The van der Waals surface area contributed by atoms with Gasteiger partial charge in [0.1, 0.15) is 0 Å². The number of halogens is 1. The average molecular weight is 284 g/mol. The van der Waals surface area contributed by atoms with Crippen molar-refractivity contribution in [3.63, 3.8) is 0 Å². The smallest absolute Gasteiger partial charge is 0.338 e. The summed E-state index contributed by atoms with van der Waals surface area (Å²) in [5.41, 5.74) is 2.67. The minimum absolute atomic E-state index is 0.0179. The van der Waals surface area contributed by atoms with Crippen LogP contribution < -0.4 is 0 Å². The maximum atomic E-state index is 11.1. The number of hydrogen-bond acceptors (Lipinski definition) is 2. The molecule has 0 aliphatic heterocycles. The first kappa shape index (κ1) is 12.6. The van der Waals surface area contributed by atoms with Crippen LogP contribution in [0.4, 0.5) is 0 Å². The summed E-state index contributed by atoms with van der Waals surface area (Å²) in [6.45, 7) is 0. The van der Waals surface area contributed by atoms with E-state index >= 15 is 0 Å². The molecule has 1 N–H and O–H groups in total. The molecular formula is C16H10ClNO2. The van der Waals surface area contributed by atoms with Gasteiger partial charge in [-0.05, 0) is 5.56 Å². The topological polar surface area (TPSA) is 50.2 Å². The molecule has 0 saturated heterocycles. The Balaban J connectivity index is 2.32. The van der Waals surface area contributed by atoms with Crippen LogP contribution in [0.15, 0.2) is 54.7 Å². The number of rotatable bonds is 2. The number of carbonyl (C=O) groups is 1. The number of carboxylic acids is 1. The maximum absolute atomic E-state index is 11.1. The Morgan fingerprint density at radius 2 is 1.80 bits per heavy atom. The lowest BCUT2D eigenvalue weighted by molar-refractivity contribution is 0.0697. The molecule has 0 atom stereocenters. The van der Waals surface area contributed by atoms with Crippen molar-refractivity contribution in [1.29, 1.82) is 0 Å². The van der Waals surface area contributed by atoms with Gasteiger partial charge in [-0.1, -0.05) is 60.1 Å². The monoisotopic (exact) mass is 283 g/mol. The van der Waals surface area contributed by atoms with E-state index in [2.05, 4.69) is 4.98 Å². The molecule has 20 heavy (non-hydrogen) atoms. The molecular weight excluding hydrogens is 274 g/mol. The molecule has 0 saturated carbocycles. The lowest BCUT2D eigenvalue weighted by atomic mass is 10.0. The fourth-order valence-electron chi connectivity index (χ4n) is 2.19. The van der Waals surface area contributed by atoms with Gasteiger partial charge in [0.05, 0.1) is 16.1 Å². The third-order valence-corrected chi connectivity index (χ3v) is 3.55. The number of benzene rings is 2. The van der Waals surface area contributed by atoms with Gasteiger partial charge in [0.25, 0.3) is 0 Å². The van der Waals surface area contributed by atoms with E-state index in [1.54, 1.807) is 6.07 Å². The molecule has 0 amide bonds. The Morgan fingerprint density at radius 3 is 2.50 bits per heavy atom. The fraction of sp³-hybridized carbons (Fsp3) is 0. The van der Waals surface area contributed by atoms with E-state index in [0.717, 1.165) is 11.1 Å². The molecule has 0 aliphatic carbocycles. The van der Waals surface area contributed by atoms with Gasteiger partial charge < -0.3 is 5.11 Å². The van der Waals surface area contributed by atoms with Gasteiger partial charge in [0.2, 0.25) is 0 Å². The molecule has 1 aromatic heterocycles. The summed E-state index contributed by atoms with van der Waals surface area (Å²) in [7, 11) is 0. The van der Waals surface area contributed by atoms with Crippen LogP contribution in [0.5, 0.6) is 0 Å². The highest BCUT2D eigenvalue weighted by Gasteiger charge is 2.14. The molecule has 2 aromatic carbocycles. The van der Waals surface area contributed by atoms with Gasteiger partial charge in [-0.2, -0.15) is 0 Å². The molecule has 3 aromatic rings. The summed E-state index contributed by atoms with van der Waals surface area (Å²) in [5, 5.41) is 9.96. The van der Waals surface area contributed by atoms with Crippen LogP contribution in [0.1, 0.15) is 10.4 Å². The second-order valence-corrected chi connectivity index (χ2v) is 4.74. The molecule has 3 nitrogen and oxygen atoms in total. The van der Waals surface area contributed by atoms with E-state index in [9.17, 15) is 4.79 Å². The van der Waals surface area contributed by atoms with Crippen molar-refractivity contribution in [3.05, 3.63) is 65.3 Å². The summed E-state index contributed by atoms with van der Waals surface area (Å²) in [5.74, 6) is -1.07. The quantitative estimate of drug-likeness (QED) is 0.765. The predicted octanol–water partition coefficient (Wildman–Crippen LogP) is 4.25. The molecule has 98 valence electrons. The van der Waals surface area contributed by atoms with Gasteiger partial charge in [-0.15, -0.1) is 0 Å².